The topological polar surface area (TPSA) is 110 Å². The van der Waals surface area contributed by atoms with Crippen molar-refractivity contribution in [2.75, 3.05) is 26.3 Å². The molecule has 0 unspecified atom stereocenters. The SMILES string of the molecule is CCOC(=O)[C@H]1CCCCN1C(=O)COC(=O)CCN1C(=O)c2ccccc2C1=O. The van der Waals surface area contributed by atoms with Crippen LogP contribution in [0.1, 0.15) is 53.3 Å². The number of amides is 3. The lowest BCUT2D eigenvalue weighted by Crippen LogP contribution is -2.50. The number of ether oxygens (including phenoxy) is 2. The number of imide groups is 1. The molecule has 0 bridgehead atoms. The summed E-state index contributed by atoms with van der Waals surface area (Å²) in [7, 11) is 0. The van der Waals surface area contributed by atoms with Crippen molar-refractivity contribution in [1.29, 1.82) is 0 Å². The Bertz CT molecular complexity index is 832. The highest BCUT2D eigenvalue weighted by Gasteiger charge is 2.36. The quantitative estimate of drug-likeness (QED) is 0.484. The number of rotatable bonds is 7. The Morgan fingerprint density at radius 1 is 1.03 bits per heavy atom. The summed E-state index contributed by atoms with van der Waals surface area (Å²) >= 11 is 0. The molecule has 0 saturated carbocycles. The highest BCUT2D eigenvalue weighted by atomic mass is 16.5. The van der Waals surface area contributed by atoms with Gasteiger partial charge in [-0.1, -0.05) is 12.1 Å². The van der Waals surface area contributed by atoms with Gasteiger partial charge in [-0.2, -0.15) is 0 Å². The van der Waals surface area contributed by atoms with Crippen LogP contribution in [-0.2, 0) is 23.9 Å². The number of carbonyl (C=O) groups is 5. The summed E-state index contributed by atoms with van der Waals surface area (Å²) in [6.07, 6.45) is 1.86. The van der Waals surface area contributed by atoms with E-state index >= 15 is 0 Å². The maximum absolute atomic E-state index is 12.5. The van der Waals surface area contributed by atoms with Gasteiger partial charge in [0.1, 0.15) is 6.04 Å². The summed E-state index contributed by atoms with van der Waals surface area (Å²) in [5.74, 6) is -2.54. The molecule has 0 N–H and O–H groups in total. The zero-order valence-corrected chi connectivity index (χ0v) is 16.8. The third-order valence-corrected chi connectivity index (χ3v) is 5.16. The minimum absolute atomic E-state index is 0.130. The predicted molar refractivity (Wildman–Crippen MR) is 103 cm³/mol. The Kier molecular flexibility index (Phi) is 6.81. The largest absolute Gasteiger partial charge is 0.464 e. The molecule has 30 heavy (non-hydrogen) atoms. The average Bonchev–Trinajstić information content (AvgIpc) is 3.00. The first-order valence-corrected chi connectivity index (χ1v) is 10.0. The highest BCUT2D eigenvalue weighted by Crippen LogP contribution is 2.22. The molecule has 2 heterocycles. The third-order valence-electron chi connectivity index (χ3n) is 5.16. The van der Waals surface area contributed by atoms with Gasteiger partial charge in [0.05, 0.1) is 24.2 Å². The molecule has 9 nitrogen and oxygen atoms in total. The van der Waals surface area contributed by atoms with Crippen LogP contribution in [0.3, 0.4) is 0 Å². The molecule has 3 rings (SSSR count). The van der Waals surface area contributed by atoms with Gasteiger partial charge in [0.25, 0.3) is 17.7 Å². The smallest absolute Gasteiger partial charge is 0.328 e. The molecule has 1 fully saturated rings. The summed E-state index contributed by atoms with van der Waals surface area (Å²) in [5, 5.41) is 0. The first-order valence-electron chi connectivity index (χ1n) is 10.0. The summed E-state index contributed by atoms with van der Waals surface area (Å²) in [5.41, 5.74) is 0.613. The molecule has 0 spiro atoms. The van der Waals surface area contributed by atoms with Crippen molar-refractivity contribution in [1.82, 2.24) is 9.80 Å². The lowest BCUT2D eigenvalue weighted by atomic mass is 10.0. The van der Waals surface area contributed by atoms with Gasteiger partial charge in [0.2, 0.25) is 0 Å². The van der Waals surface area contributed by atoms with E-state index in [1.54, 1.807) is 31.2 Å². The number of nitrogens with zero attached hydrogens (tertiary/aromatic N) is 2. The molecule has 0 aliphatic carbocycles. The monoisotopic (exact) mass is 416 g/mol. The van der Waals surface area contributed by atoms with E-state index in [4.69, 9.17) is 9.47 Å². The molecular weight excluding hydrogens is 392 g/mol. The van der Waals surface area contributed by atoms with Crippen molar-refractivity contribution in [2.45, 2.75) is 38.6 Å². The average molecular weight is 416 g/mol. The number of carbonyl (C=O) groups excluding carboxylic acids is 5. The molecule has 1 saturated heterocycles. The van der Waals surface area contributed by atoms with Crippen LogP contribution in [0, 0.1) is 0 Å². The normalized spacial score (nSPS) is 18.2. The Morgan fingerprint density at radius 2 is 1.70 bits per heavy atom. The van der Waals surface area contributed by atoms with Crippen LogP contribution < -0.4 is 0 Å². The Labute approximate surface area is 173 Å². The van der Waals surface area contributed by atoms with Crippen molar-refractivity contribution in [2.24, 2.45) is 0 Å². The first-order chi connectivity index (χ1) is 14.4. The number of hydrogen-bond acceptors (Lipinski definition) is 7. The molecule has 2 aliphatic rings. The van der Waals surface area contributed by atoms with Gasteiger partial charge in [-0.15, -0.1) is 0 Å². The Morgan fingerprint density at radius 3 is 2.33 bits per heavy atom. The van der Waals surface area contributed by atoms with E-state index in [-0.39, 0.29) is 19.6 Å². The zero-order valence-electron chi connectivity index (χ0n) is 16.8. The summed E-state index contributed by atoms with van der Waals surface area (Å²) in [6.45, 7) is 1.69. The van der Waals surface area contributed by atoms with Gasteiger partial charge in [-0.25, -0.2) is 4.79 Å². The number of benzene rings is 1. The molecule has 1 aromatic rings. The first kappa shape index (κ1) is 21.5. The van der Waals surface area contributed by atoms with Gasteiger partial charge in [0, 0.05) is 13.1 Å². The fourth-order valence-electron chi connectivity index (χ4n) is 3.66. The summed E-state index contributed by atoms with van der Waals surface area (Å²) < 4.78 is 10.0. The Hall–Kier alpha value is -3.23. The van der Waals surface area contributed by atoms with Crippen molar-refractivity contribution in [3.05, 3.63) is 35.4 Å². The van der Waals surface area contributed by atoms with E-state index in [1.807, 2.05) is 0 Å². The van der Waals surface area contributed by atoms with Crippen LogP contribution in [0.15, 0.2) is 24.3 Å². The van der Waals surface area contributed by atoms with Gasteiger partial charge < -0.3 is 14.4 Å². The van der Waals surface area contributed by atoms with Crippen molar-refractivity contribution in [3.8, 4) is 0 Å². The third kappa shape index (κ3) is 4.50. The molecule has 0 radical (unpaired) electrons. The number of piperidine rings is 1. The van der Waals surface area contributed by atoms with Crippen LogP contribution in [0.25, 0.3) is 0 Å². The van der Waals surface area contributed by atoms with Crippen LogP contribution in [0.4, 0.5) is 0 Å². The van der Waals surface area contributed by atoms with Gasteiger partial charge >= 0.3 is 11.9 Å². The molecule has 160 valence electrons. The second-order valence-corrected chi connectivity index (χ2v) is 7.07. The molecule has 1 atom stereocenters. The van der Waals surface area contributed by atoms with E-state index in [0.717, 1.165) is 17.7 Å². The lowest BCUT2D eigenvalue weighted by Gasteiger charge is -2.33. The van der Waals surface area contributed by atoms with E-state index in [0.29, 0.717) is 24.1 Å². The van der Waals surface area contributed by atoms with Gasteiger partial charge in [-0.3, -0.25) is 24.1 Å². The Balaban J connectivity index is 1.49. The fourth-order valence-corrected chi connectivity index (χ4v) is 3.66. The van der Waals surface area contributed by atoms with Gasteiger partial charge in [0.15, 0.2) is 6.61 Å². The standard InChI is InChI=1S/C21H24N2O7/c1-2-29-21(28)16-9-5-6-11-22(16)17(24)13-30-18(25)10-12-23-19(26)14-7-3-4-8-15(14)20(23)27/h3-4,7-8,16H,2,5-6,9-13H2,1H3/t16-/m1/s1. The summed E-state index contributed by atoms with van der Waals surface area (Å²) in [4.78, 5) is 63.5. The highest BCUT2D eigenvalue weighted by molar-refractivity contribution is 6.21. The second kappa shape index (κ2) is 9.51. The van der Waals surface area contributed by atoms with E-state index in [2.05, 4.69) is 0 Å². The van der Waals surface area contributed by atoms with Crippen molar-refractivity contribution < 1.29 is 33.4 Å². The fraction of sp³-hybridized carbons (Fsp3) is 0.476. The second-order valence-electron chi connectivity index (χ2n) is 7.07. The van der Waals surface area contributed by atoms with Crippen LogP contribution in [-0.4, -0.2) is 71.8 Å². The maximum Gasteiger partial charge on any atom is 0.328 e. The molecule has 0 aromatic heterocycles. The van der Waals surface area contributed by atoms with Crippen LogP contribution in [0.2, 0.25) is 0 Å². The number of esters is 2. The van der Waals surface area contributed by atoms with Crippen molar-refractivity contribution >= 4 is 29.7 Å². The minimum Gasteiger partial charge on any atom is -0.464 e. The van der Waals surface area contributed by atoms with Crippen LogP contribution >= 0.6 is 0 Å². The molecule has 2 aliphatic heterocycles. The molecular formula is C21H24N2O7. The van der Waals surface area contributed by atoms with E-state index in [9.17, 15) is 24.0 Å². The number of hydrogen-bond donors (Lipinski definition) is 0. The van der Waals surface area contributed by atoms with Crippen molar-refractivity contribution in [3.63, 3.8) is 0 Å². The molecule has 3 amide bonds. The minimum atomic E-state index is -0.704. The van der Waals surface area contributed by atoms with E-state index in [1.165, 1.54) is 4.90 Å². The molecule has 1 aromatic carbocycles. The zero-order chi connectivity index (χ0) is 21.7. The predicted octanol–water partition coefficient (Wildman–Crippen LogP) is 1.16. The van der Waals surface area contributed by atoms with Gasteiger partial charge in [-0.05, 0) is 38.3 Å². The van der Waals surface area contributed by atoms with Crippen LogP contribution in [0.5, 0.6) is 0 Å². The van der Waals surface area contributed by atoms with E-state index < -0.39 is 42.3 Å². The number of fused-ring (bicyclic) bond motifs is 1. The maximum atomic E-state index is 12.5. The lowest BCUT2D eigenvalue weighted by molar-refractivity contribution is -0.160. The molecule has 9 heteroatoms. The number of likely N-dealkylation sites (tertiary alicyclic amines) is 1. The summed E-state index contributed by atoms with van der Waals surface area (Å²) in [6, 6.07) is 5.79.